The Balaban J connectivity index is 2.33. The average molecular weight is 308 g/mol. The molecule has 7 heteroatoms. The minimum atomic E-state index is -3.60. The molecule has 0 saturated heterocycles. The number of nitriles is 1. The number of nitrogens with zero attached hydrogens (tertiary/aromatic N) is 3. The van der Waals surface area contributed by atoms with Crippen molar-refractivity contribution in [3.63, 3.8) is 0 Å². The largest absolute Gasteiger partial charge is 0.330 e. The third-order valence-corrected chi connectivity index (χ3v) is 6.04. The van der Waals surface area contributed by atoms with Gasteiger partial charge in [-0.05, 0) is 37.4 Å². The maximum Gasteiger partial charge on any atom is 0.244 e. The van der Waals surface area contributed by atoms with Gasteiger partial charge in [-0.2, -0.15) is 9.57 Å². The van der Waals surface area contributed by atoms with Crippen LogP contribution in [0.4, 0.5) is 0 Å². The van der Waals surface area contributed by atoms with Crippen LogP contribution in [-0.4, -0.2) is 36.8 Å². The van der Waals surface area contributed by atoms with E-state index in [1.165, 1.54) is 22.6 Å². The fraction of sp³-hybridized carbons (Fsp3) is 0.571. The zero-order valence-electron chi connectivity index (χ0n) is 12.1. The maximum absolute atomic E-state index is 12.8. The number of hydrogen-bond donors (Lipinski definition) is 1. The normalized spacial score (nSPS) is 22.4. The lowest BCUT2D eigenvalue weighted by Crippen LogP contribution is -2.44. The predicted octanol–water partition coefficient (Wildman–Crippen LogP) is 1.09. The van der Waals surface area contributed by atoms with Crippen molar-refractivity contribution >= 4 is 10.0 Å². The Hall–Kier alpha value is -1.49. The highest BCUT2D eigenvalue weighted by atomic mass is 32.2. The minimum absolute atomic E-state index is 0.0411. The molecule has 1 aliphatic rings. The van der Waals surface area contributed by atoms with E-state index in [0.717, 1.165) is 19.3 Å². The van der Waals surface area contributed by atoms with Crippen molar-refractivity contribution in [3.8, 4) is 6.07 Å². The first kappa shape index (κ1) is 15.9. The lowest BCUT2D eigenvalue weighted by Gasteiger charge is -2.30. The first-order valence-corrected chi connectivity index (χ1v) is 8.56. The number of rotatable bonds is 5. The zero-order chi connectivity index (χ0) is 15.5. The summed E-state index contributed by atoms with van der Waals surface area (Å²) < 4.78 is 27.1. The summed E-state index contributed by atoms with van der Waals surface area (Å²) in [6.07, 6.45) is 4.07. The molecular weight excluding hydrogens is 288 g/mol. The van der Waals surface area contributed by atoms with Crippen molar-refractivity contribution in [2.45, 2.75) is 37.1 Å². The molecule has 2 rings (SSSR count). The van der Waals surface area contributed by atoms with E-state index in [0.29, 0.717) is 13.1 Å². The zero-order valence-corrected chi connectivity index (χ0v) is 12.9. The number of aromatic nitrogens is 1. The van der Waals surface area contributed by atoms with Crippen molar-refractivity contribution in [3.05, 3.63) is 24.0 Å². The van der Waals surface area contributed by atoms with Crippen molar-refractivity contribution < 1.29 is 8.42 Å². The van der Waals surface area contributed by atoms with E-state index >= 15 is 0 Å². The lowest BCUT2D eigenvalue weighted by molar-refractivity contribution is 0.276. The fourth-order valence-corrected chi connectivity index (χ4v) is 4.66. The van der Waals surface area contributed by atoms with Gasteiger partial charge in [0, 0.05) is 18.8 Å². The van der Waals surface area contributed by atoms with E-state index in [1.54, 1.807) is 0 Å². The van der Waals surface area contributed by atoms with Crippen LogP contribution in [-0.2, 0) is 10.0 Å². The van der Waals surface area contributed by atoms with Crippen LogP contribution in [0.3, 0.4) is 0 Å². The molecule has 0 amide bonds. The quantitative estimate of drug-likeness (QED) is 0.877. The SMILES string of the molecule is CCN(C1CCCC1CN)S(=O)(=O)c1ccc(C#N)nc1. The molecule has 2 atom stereocenters. The Kier molecular flexibility index (Phi) is 4.93. The van der Waals surface area contributed by atoms with Gasteiger partial charge in [-0.15, -0.1) is 0 Å². The molecule has 0 aromatic carbocycles. The Morgan fingerprint density at radius 3 is 2.76 bits per heavy atom. The highest BCUT2D eigenvalue weighted by molar-refractivity contribution is 7.89. The first-order chi connectivity index (χ1) is 10.0. The maximum atomic E-state index is 12.8. The van der Waals surface area contributed by atoms with Crippen LogP contribution in [0, 0.1) is 17.2 Å². The van der Waals surface area contributed by atoms with Gasteiger partial charge >= 0.3 is 0 Å². The van der Waals surface area contributed by atoms with Gasteiger partial charge < -0.3 is 5.73 Å². The van der Waals surface area contributed by atoms with Gasteiger partial charge in [0.1, 0.15) is 16.7 Å². The summed E-state index contributed by atoms with van der Waals surface area (Å²) in [6.45, 7) is 2.74. The highest BCUT2D eigenvalue weighted by Gasteiger charge is 2.37. The van der Waals surface area contributed by atoms with Gasteiger partial charge in [-0.1, -0.05) is 13.3 Å². The Labute approximate surface area is 125 Å². The molecule has 1 saturated carbocycles. The van der Waals surface area contributed by atoms with Gasteiger partial charge in [0.15, 0.2) is 0 Å². The minimum Gasteiger partial charge on any atom is -0.330 e. The third kappa shape index (κ3) is 3.07. The molecule has 6 nitrogen and oxygen atoms in total. The second-order valence-electron chi connectivity index (χ2n) is 5.19. The van der Waals surface area contributed by atoms with E-state index in [4.69, 9.17) is 11.0 Å². The van der Waals surface area contributed by atoms with Gasteiger partial charge in [0.2, 0.25) is 10.0 Å². The molecule has 0 bridgehead atoms. The first-order valence-electron chi connectivity index (χ1n) is 7.12. The van der Waals surface area contributed by atoms with Crippen LogP contribution in [0.15, 0.2) is 23.2 Å². The Morgan fingerprint density at radius 1 is 1.48 bits per heavy atom. The summed E-state index contributed by atoms with van der Waals surface area (Å²) in [7, 11) is -3.60. The monoisotopic (exact) mass is 308 g/mol. The molecular formula is C14H20N4O2S. The highest BCUT2D eigenvalue weighted by Crippen LogP contribution is 2.32. The number of nitrogens with two attached hydrogens (primary N) is 1. The Morgan fingerprint density at radius 2 is 2.24 bits per heavy atom. The molecule has 0 aliphatic heterocycles. The van der Waals surface area contributed by atoms with E-state index in [-0.39, 0.29) is 22.5 Å². The molecule has 1 fully saturated rings. The number of hydrogen-bond acceptors (Lipinski definition) is 5. The second-order valence-corrected chi connectivity index (χ2v) is 7.08. The average Bonchev–Trinajstić information content (AvgIpc) is 2.96. The van der Waals surface area contributed by atoms with Crippen LogP contribution < -0.4 is 5.73 Å². The molecule has 2 N–H and O–H groups in total. The number of sulfonamides is 1. The van der Waals surface area contributed by atoms with E-state index in [9.17, 15) is 8.42 Å². The second kappa shape index (κ2) is 6.52. The molecule has 0 radical (unpaired) electrons. The van der Waals surface area contributed by atoms with Crippen LogP contribution in [0.5, 0.6) is 0 Å². The molecule has 21 heavy (non-hydrogen) atoms. The molecule has 2 unspecified atom stereocenters. The molecule has 1 heterocycles. The molecule has 114 valence electrons. The van der Waals surface area contributed by atoms with Crippen molar-refractivity contribution in [2.75, 3.05) is 13.1 Å². The summed E-state index contributed by atoms with van der Waals surface area (Å²) in [5, 5.41) is 8.74. The van der Waals surface area contributed by atoms with Gasteiger partial charge in [0.25, 0.3) is 0 Å². The van der Waals surface area contributed by atoms with Crippen LogP contribution in [0.1, 0.15) is 31.9 Å². The van der Waals surface area contributed by atoms with Crippen molar-refractivity contribution in [1.82, 2.24) is 9.29 Å². The number of pyridine rings is 1. The molecule has 1 aromatic rings. The van der Waals surface area contributed by atoms with Crippen molar-refractivity contribution in [1.29, 1.82) is 5.26 Å². The van der Waals surface area contributed by atoms with E-state index < -0.39 is 10.0 Å². The predicted molar refractivity (Wildman–Crippen MR) is 78.7 cm³/mol. The molecule has 0 spiro atoms. The van der Waals surface area contributed by atoms with Crippen LogP contribution in [0.2, 0.25) is 0 Å². The summed E-state index contributed by atoms with van der Waals surface area (Å²) in [6, 6.07) is 4.71. The fourth-order valence-electron chi connectivity index (χ4n) is 2.99. The molecule has 1 aromatic heterocycles. The van der Waals surface area contributed by atoms with E-state index in [1.807, 2.05) is 13.0 Å². The van der Waals surface area contributed by atoms with Gasteiger partial charge in [-0.25, -0.2) is 13.4 Å². The Bertz CT molecular complexity index is 621. The third-order valence-electron chi connectivity index (χ3n) is 4.06. The topological polar surface area (TPSA) is 100 Å². The van der Waals surface area contributed by atoms with E-state index in [2.05, 4.69) is 4.98 Å². The van der Waals surface area contributed by atoms with Crippen LogP contribution in [0.25, 0.3) is 0 Å². The lowest BCUT2D eigenvalue weighted by atomic mass is 10.0. The van der Waals surface area contributed by atoms with Crippen LogP contribution >= 0.6 is 0 Å². The summed E-state index contributed by atoms with van der Waals surface area (Å²) >= 11 is 0. The summed E-state index contributed by atoms with van der Waals surface area (Å²) in [4.78, 5) is 3.98. The summed E-state index contributed by atoms with van der Waals surface area (Å²) in [5.74, 6) is 0.214. The van der Waals surface area contributed by atoms with Gasteiger partial charge in [0.05, 0.1) is 0 Å². The smallest absolute Gasteiger partial charge is 0.244 e. The van der Waals surface area contributed by atoms with Gasteiger partial charge in [-0.3, -0.25) is 0 Å². The standard InChI is InChI=1S/C14H20N4O2S/c1-2-18(14-5-3-4-11(14)8-15)21(19,20)13-7-6-12(9-16)17-10-13/h6-7,10-11,14H,2-5,8,15H2,1H3. The summed E-state index contributed by atoms with van der Waals surface area (Å²) in [5.41, 5.74) is 5.97. The molecule has 1 aliphatic carbocycles. The van der Waals surface area contributed by atoms with Crippen molar-refractivity contribution in [2.24, 2.45) is 11.7 Å².